The minimum absolute atomic E-state index is 0.274. The molecular formula is C15H18FN3. The number of nitrogens with zero attached hydrogens (tertiary/aromatic N) is 2. The first kappa shape index (κ1) is 13.5. The summed E-state index contributed by atoms with van der Waals surface area (Å²) in [5.41, 5.74) is 2.50. The smallest absolute Gasteiger partial charge is 0.186 e. The third-order valence-electron chi connectivity index (χ3n) is 3.00. The molecule has 0 spiro atoms. The van der Waals surface area contributed by atoms with Gasteiger partial charge in [-0.2, -0.15) is 0 Å². The second-order valence-corrected chi connectivity index (χ2v) is 4.34. The van der Waals surface area contributed by atoms with E-state index in [1.807, 2.05) is 31.2 Å². The highest BCUT2D eigenvalue weighted by atomic mass is 19.1. The first-order chi connectivity index (χ1) is 9.17. The molecule has 0 radical (unpaired) electrons. The maximum atomic E-state index is 13.9. The average molecular weight is 259 g/mol. The molecule has 0 fully saturated rings. The van der Waals surface area contributed by atoms with E-state index in [0.29, 0.717) is 18.1 Å². The summed E-state index contributed by atoms with van der Waals surface area (Å²) in [6, 6.07) is 7.96. The molecule has 0 saturated heterocycles. The molecule has 1 aromatic carbocycles. The molecule has 2 rings (SSSR count). The van der Waals surface area contributed by atoms with E-state index in [1.54, 1.807) is 6.92 Å². The molecule has 0 unspecified atom stereocenters. The van der Waals surface area contributed by atoms with Gasteiger partial charge < -0.3 is 5.32 Å². The average Bonchev–Trinajstić information content (AvgIpc) is 2.43. The molecule has 1 heterocycles. The number of hydrogen-bond donors (Lipinski definition) is 1. The van der Waals surface area contributed by atoms with Crippen LogP contribution in [0.2, 0.25) is 0 Å². The van der Waals surface area contributed by atoms with E-state index in [4.69, 9.17) is 0 Å². The lowest BCUT2D eigenvalue weighted by molar-refractivity contribution is 0.606. The molecule has 0 amide bonds. The lowest BCUT2D eigenvalue weighted by atomic mass is 10.0. The largest absolute Gasteiger partial charge is 0.368 e. The molecule has 0 atom stereocenters. The number of aromatic nitrogens is 2. The Bertz CT molecular complexity index is 582. The van der Waals surface area contributed by atoms with Crippen LogP contribution in [0.25, 0.3) is 11.4 Å². The summed E-state index contributed by atoms with van der Waals surface area (Å²) in [6.45, 7) is 6.29. The van der Waals surface area contributed by atoms with Crippen molar-refractivity contribution in [2.24, 2.45) is 0 Å². The van der Waals surface area contributed by atoms with Crippen LogP contribution in [0.5, 0.6) is 0 Å². The van der Waals surface area contributed by atoms with Crippen molar-refractivity contribution >= 4 is 5.82 Å². The van der Waals surface area contributed by atoms with Gasteiger partial charge in [0.05, 0.1) is 5.69 Å². The van der Waals surface area contributed by atoms with E-state index in [9.17, 15) is 4.39 Å². The Morgan fingerprint density at radius 1 is 1.16 bits per heavy atom. The lowest BCUT2D eigenvalue weighted by Gasteiger charge is -2.11. The molecule has 0 bridgehead atoms. The molecule has 1 N–H and O–H groups in total. The molecule has 0 aliphatic carbocycles. The Morgan fingerprint density at radius 3 is 2.58 bits per heavy atom. The van der Waals surface area contributed by atoms with Gasteiger partial charge in [-0.3, -0.25) is 0 Å². The van der Waals surface area contributed by atoms with Gasteiger partial charge in [0.15, 0.2) is 17.5 Å². The van der Waals surface area contributed by atoms with E-state index < -0.39 is 0 Å². The minimum Gasteiger partial charge on any atom is -0.368 e. The molecule has 0 saturated carbocycles. The zero-order valence-electron chi connectivity index (χ0n) is 11.5. The number of aryl methyl sites for hydroxylation is 2. The van der Waals surface area contributed by atoms with E-state index in [0.717, 1.165) is 17.5 Å². The lowest BCUT2D eigenvalue weighted by Crippen LogP contribution is -2.07. The Morgan fingerprint density at radius 2 is 1.89 bits per heavy atom. The predicted octanol–water partition coefficient (Wildman–Crippen LogP) is 3.59. The second kappa shape index (κ2) is 5.78. The highest BCUT2D eigenvalue weighted by Crippen LogP contribution is 2.24. The van der Waals surface area contributed by atoms with Gasteiger partial charge >= 0.3 is 0 Å². The van der Waals surface area contributed by atoms with Gasteiger partial charge in [0.2, 0.25) is 0 Å². The van der Waals surface area contributed by atoms with Gasteiger partial charge in [-0.25, -0.2) is 14.4 Å². The maximum absolute atomic E-state index is 13.9. The van der Waals surface area contributed by atoms with Gasteiger partial charge in [-0.05, 0) is 25.8 Å². The topological polar surface area (TPSA) is 37.8 Å². The van der Waals surface area contributed by atoms with Crippen molar-refractivity contribution in [1.82, 2.24) is 9.97 Å². The summed E-state index contributed by atoms with van der Waals surface area (Å²) in [4.78, 5) is 8.57. The molecule has 19 heavy (non-hydrogen) atoms. The third-order valence-corrected chi connectivity index (χ3v) is 3.00. The highest BCUT2D eigenvalue weighted by Gasteiger charge is 2.13. The van der Waals surface area contributed by atoms with Crippen molar-refractivity contribution in [3.63, 3.8) is 0 Å². The summed E-state index contributed by atoms with van der Waals surface area (Å²) >= 11 is 0. The number of hydrogen-bond acceptors (Lipinski definition) is 3. The number of anilines is 1. The van der Waals surface area contributed by atoms with E-state index in [-0.39, 0.29) is 11.6 Å². The van der Waals surface area contributed by atoms with Crippen molar-refractivity contribution in [3.05, 3.63) is 41.3 Å². The van der Waals surface area contributed by atoms with Crippen LogP contribution >= 0.6 is 0 Å². The number of halogens is 1. The summed E-state index contributed by atoms with van der Waals surface area (Å²) < 4.78 is 13.9. The van der Waals surface area contributed by atoms with Crippen molar-refractivity contribution in [2.45, 2.75) is 27.2 Å². The van der Waals surface area contributed by atoms with Gasteiger partial charge in [0.1, 0.15) is 0 Å². The SMILES string of the molecule is CCNc1nc(-c2ccccc2CC)nc(C)c1F. The molecule has 0 aliphatic heterocycles. The maximum Gasteiger partial charge on any atom is 0.186 e. The molecular weight excluding hydrogens is 241 g/mol. The first-order valence-corrected chi connectivity index (χ1v) is 6.53. The molecule has 4 heteroatoms. The van der Waals surface area contributed by atoms with Crippen molar-refractivity contribution in [2.75, 3.05) is 11.9 Å². The second-order valence-electron chi connectivity index (χ2n) is 4.34. The van der Waals surface area contributed by atoms with Crippen LogP contribution in [0.15, 0.2) is 24.3 Å². The van der Waals surface area contributed by atoms with Gasteiger partial charge in [0, 0.05) is 12.1 Å². The zero-order chi connectivity index (χ0) is 13.8. The molecule has 2 aromatic rings. The van der Waals surface area contributed by atoms with Crippen LogP contribution in [0, 0.1) is 12.7 Å². The van der Waals surface area contributed by atoms with Crippen LogP contribution in [0.1, 0.15) is 25.1 Å². The monoisotopic (exact) mass is 259 g/mol. The van der Waals surface area contributed by atoms with Crippen LogP contribution in [-0.4, -0.2) is 16.5 Å². The molecule has 1 aromatic heterocycles. The summed E-state index contributed by atoms with van der Waals surface area (Å²) in [7, 11) is 0. The Balaban J connectivity index is 2.56. The fourth-order valence-electron chi connectivity index (χ4n) is 2.01. The highest BCUT2D eigenvalue weighted by molar-refractivity contribution is 5.62. The first-order valence-electron chi connectivity index (χ1n) is 6.53. The van der Waals surface area contributed by atoms with Crippen molar-refractivity contribution in [3.8, 4) is 11.4 Å². The van der Waals surface area contributed by atoms with Gasteiger partial charge in [-0.1, -0.05) is 31.2 Å². The number of nitrogens with one attached hydrogen (secondary N) is 1. The van der Waals surface area contributed by atoms with Crippen LogP contribution in [0.3, 0.4) is 0 Å². The molecule has 0 aliphatic rings. The Hall–Kier alpha value is -1.97. The standard InChI is InChI=1S/C15H18FN3/c1-4-11-8-6-7-9-12(11)14-18-10(3)13(16)15(19-14)17-5-2/h6-9H,4-5H2,1-3H3,(H,17,18,19). The zero-order valence-corrected chi connectivity index (χ0v) is 11.5. The fraction of sp³-hybridized carbons (Fsp3) is 0.333. The minimum atomic E-state index is -0.375. The van der Waals surface area contributed by atoms with Crippen LogP contribution < -0.4 is 5.32 Å². The number of benzene rings is 1. The van der Waals surface area contributed by atoms with Crippen LogP contribution in [-0.2, 0) is 6.42 Å². The summed E-state index contributed by atoms with van der Waals surface area (Å²) in [6.07, 6.45) is 0.895. The summed E-state index contributed by atoms with van der Waals surface area (Å²) in [5, 5.41) is 2.94. The van der Waals surface area contributed by atoms with E-state index in [2.05, 4.69) is 22.2 Å². The van der Waals surface area contributed by atoms with Crippen molar-refractivity contribution in [1.29, 1.82) is 0 Å². The quantitative estimate of drug-likeness (QED) is 0.911. The van der Waals surface area contributed by atoms with Gasteiger partial charge in [0.25, 0.3) is 0 Å². The fourth-order valence-corrected chi connectivity index (χ4v) is 2.01. The van der Waals surface area contributed by atoms with Crippen molar-refractivity contribution < 1.29 is 4.39 Å². The Labute approximate surface area is 112 Å². The van der Waals surface area contributed by atoms with E-state index in [1.165, 1.54) is 0 Å². The Kier molecular flexibility index (Phi) is 4.10. The molecule has 3 nitrogen and oxygen atoms in total. The van der Waals surface area contributed by atoms with E-state index >= 15 is 0 Å². The molecule has 100 valence electrons. The normalized spacial score (nSPS) is 10.5. The summed E-state index contributed by atoms with van der Waals surface area (Å²) in [5.74, 6) is 0.475. The van der Waals surface area contributed by atoms with Gasteiger partial charge in [-0.15, -0.1) is 0 Å². The number of rotatable bonds is 4. The van der Waals surface area contributed by atoms with Crippen LogP contribution in [0.4, 0.5) is 10.2 Å². The predicted molar refractivity (Wildman–Crippen MR) is 75.7 cm³/mol. The third kappa shape index (κ3) is 2.72.